The van der Waals surface area contributed by atoms with Crippen LogP contribution in [0.3, 0.4) is 0 Å². The number of hydrogen-bond donors (Lipinski definition) is 2. The molecular formula is C36H44N3O6S3+. The summed E-state index contributed by atoms with van der Waals surface area (Å²) in [5, 5.41) is 14.5. The monoisotopic (exact) mass is 710 g/mol. The maximum absolute atomic E-state index is 11.3. The Morgan fingerprint density at radius 3 is 2.48 bits per heavy atom. The molecule has 0 unspecified atom stereocenters. The van der Waals surface area contributed by atoms with Crippen LogP contribution in [0.1, 0.15) is 64.5 Å². The first-order chi connectivity index (χ1) is 22.9. The zero-order valence-corrected chi connectivity index (χ0v) is 30.3. The van der Waals surface area contributed by atoms with Gasteiger partial charge in [0.2, 0.25) is 5.69 Å². The second kappa shape index (κ2) is 17.0. The summed E-state index contributed by atoms with van der Waals surface area (Å²) in [4.78, 5) is 6.39. The van der Waals surface area contributed by atoms with E-state index in [1.54, 1.807) is 0 Å². The molecule has 0 radical (unpaired) electrons. The topological polar surface area (TPSA) is 112 Å². The molecule has 4 rings (SSSR count). The number of para-hydroxylation sites is 1. The summed E-state index contributed by atoms with van der Waals surface area (Å²) in [5.41, 5.74) is 7.25. The predicted octanol–water partition coefficient (Wildman–Crippen LogP) is 8.67. The van der Waals surface area contributed by atoms with Crippen molar-refractivity contribution < 1.29 is 32.2 Å². The first-order valence-corrected chi connectivity index (χ1v) is 18.9. The first kappa shape index (κ1) is 37.6. The van der Waals surface area contributed by atoms with Crippen molar-refractivity contribution in [1.82, 2.24) is 0 Å². The number of benzene rings is 2. The van der Waals surface area contributed by atoms with E-state index in [9.17, 15) is 13.0 Å². The number of rotatable bonds is 17. The lowest BCUT2D eigenvalue weighted by molar-refractivity contribution is -0.438. The summed E-state index contributed by atoms with van der Waals surface area (Å²) in [5.74, 6) is 0.459. The van der Waals surface area contributed by atoms with Crippen LogP contribution in [0.25, 0.3) is 0 Å². The number of nitrogens with zero attached hydrogens (tertiary/aromatic N) is 3. The van der Waals surface area contributed by atoms with Crippen LogP contribution in [0.5, 0.6) is 0 Å². The Balaban J connectivity index is 1.51. The molecule has 2 aromatic rings. The van der Waals surface area contributed by atoms with Crippen LogP contribution in [-0.4, -0.2) is 58.3 Å². The van der Waals surface area contributed by atoms with Crippen LogP contribution in [0.15, 0.2) is 95.7 Å². The first-order valence-electron chi connectivity index (χ1n) is 15.9. The minimum atomic E-state index is -4.00. The molecule has 0 amide bonds. The number of anilines is 1. The van der Waals surface area contributed by atoms with Gasteiger partial charge in [0.1, 0.15) is 6.54 Å². The van der Waals surface area contributed by atoms with Crippen LogP contribution in [0.4, 0.5) is 17.1 Å². The van der Waals surface area contributed by atoms with E-state index in [4.69, 9.17) is 17.5 Å². The van der Waals surface area contributed by atoms with Gasteiger partial charge in [-0.2, -0.15) is 18.0 Å². The van der Waals surface area contributed by atoms with Gasteiger partial charge in [0, 0.05) is 65.3 Å². The summed E-state index contributed by atoms with van der Waals surface area (Å²) in [7, 11) is -4.00. The van der Waals surface area contributed by atoms with Crippen molar-refractivity contribution in [3.05, 3.63) is 102 Å². The summed E-state index contributed by atoms with van der Waals surface area (Å²) >= 11 is 5.90. The van der Waals surface area contributed by atoms with Crippen molar-refractivity contribution in [2.75, 3.05) is 29.5 Å². The highest BCUT2D eigenvalue weighted by molar-refractivity contribution is 7.94. The highest BCUT2D eigenvalue weighted by Gasteiger charge is 2.44. The predicted molar refractivity (Wildman–Crippen MR) is 198 cm³/mol. The SMILES string of the molecule is CC1(C)C(/C=C/C=C/C=C/C=C2/N(CCCCS(=O)(=O)O)c3ccc(N=C=S)cc3C2(C)C)=[N+](CCCCSOOO)c2ccccc21. The Hall–Kier alpha value is -3.19. The summed E-state index contributed by atoms with van der Waals surface area (Å²) < 4.78 is 38.6. The molecule has 256 valence electrons. The largest absolute Gasteiger partial charge is 0.344 e. The lowest BCUT2D eigenvalue weighted by atomic mass is 9.81. The molecule has 0 saturated heterocycles. The fraction of sp³-hybridized carbons (Fsp3) is 0.389. The summed E-state index contributed by atoms with van der Waals surface area (Å²) in [6, 6.07) is 14.5. The number of thiocarbonyl (C=S) groups is 1. The standard InChI is InChI=1S/C36H43N3O6S3/c1-35(2)29-16-10-11-17-31(29)38(22-12-14-24-47-45-44-40)33(35)18-8-6-5-7-9-19-34-36(3,4)30-26-28(37-27-46)20-21-32(30)39(34)23-13-15-25-48(41,42)43/h5-11,16-21,26H,12-15,22-25H2,1-4H3,(H-,40,41,42,43)/p+1. The van der Waals surface area contributed by atoms with Crippen molar-refractivity contribution in [3.63, 3.8) is 0 Å². The van der Waals surface area contributed by atoms with E-state index in [2.05, 4.69) is 99.2 Å². The van der Waals surface area contributed by atoms with E-state index in [0.717, 1.165) is 54.1 Å². The van der Waals surface area contributed by atoms with E-state index in [-0.39, 0.29) is 16.6 Å². The molecule has 2 N–H and O–H groups in total. The van der Waals surface area contributed by atoms with Gasteiger partial charge in [0.15, 0.2) is 5.71 Å². The summed E-state index contributed by atoms with van der Waals surface area (Å²) in [6.45, 7) is 10.3. The molecule has 0 aliphatic carbocycles. The zero-order valence-electron chi connectivity index (χ0n) is 27.8. The number of allylic oxidation sites excluding steroid dienone is 8. The molecule has 2 aliphatic heterocycles. The Labute approximate surface area is 293 Å². The third-order valence-corrected chi connectivity index (χ3v) is 10.3. The molecule has 12 heteroatoms. The number of unbranched alkanes of at least 4 members (excludes halogenated alkanes) is 2. The molecule has 0 saturated carbocycles. The van der Waals surface area contributed by atoms with E-state index >= 15 is 0 Å². The van der Waals surface area contributed by atoms with Crippen molar-refractivity contribution in [1.29, 1.82) is 0 Å². The van der Waals surface area contributed by atoms with Gasteiger partial charge >= 0.3 is 0 Å². The highest BCUT2D eigenvalue weighted by atomic mass is 32.2. The number of isothiocyanates is 1. The Bertz CT molecular complexity index is 1770. The molecule has 2 aliphatic rings. The molecule has 0 aromatic heterocycles. The molecule has 0 bridgehead atoms. The molecular weight excluding hydrogens is 667 g/mol. The maximum atomic E-state index is 11.3. The zero-order chi connectivity index (χ0) is 34.8. The normalized spacial score (nSPS) is 17.6. The second-order valence-corrected chi connectivity index (χ2v) is 15.2. The molecule has 0 fully saturated rings. The third-order valence-electron chi connectivity index (χ3n) is 8.77. The van der Waals surface area contributed by atoms with Gasteiger partial charge in [0.05, 0.1) is 22.0 Å². The van der Waals surface area contributed by atoms with Crippen molar-refractivity contribution in [3.8, 4) is 0 Å². The molecule has 0 spiro atoms. The minimum absolute atomic E-state index is 0.147. The van der Waals surface area contributed by atoms with Gasteiger partial charge in [-0.25, -0.2) is 5.26 Å². The van der Waals surface area contributed by atoms with Gasteiger partial charge in [-0.3, -0.25) is 4.55 Å². The van der Waals surface area contributed by atoms with E-state index in [1.165, 1.54) is 17.0 Å². The minimum Gasteiger partial charge on any atom is -0.344 e. The van der Waals surface area contributed by atoms with Crippen LogP contribution in [0, 0.1) is 0 Å². The second-order valence-electron chi connectivity index (χ2n) is 12.7. The number of fused-ring (bicyclic) bond motifs is 2. The van der Waals surface area contributed by atoms with Gasteiger partial charge < -0.3 is 4.90 Å². The van der Waals surface area contributed by atoms with Crippen LogP contribution in [-0.2, 0) is 30.3 Å². The van der Waals surface area contributed by atoms with Crippen molar-refractivity contribution in [2.45, 2.75) is 64.2 Å². The van der Waals surface area contributed by atoms with Gasteiger partial charge in [-0.15, -0.1) is 4.33 Å². The molecule has 48 heavy (non-hydrogen) atoms. The van der Waals surface area contributed by atoms with E-state index in [0.29, 0.717) is 25.1 Å². The third kappa shape index (κ3) is 9.28. The highest BCUT2D eigenvalue weighted by Crippen LogP contribution is 2.49. The van der Waals surface area contributed by atoms with Crippen molar-refractivity contribution >= 4 is 62.3 Å². The van der Waals surface area contributed by atoms with Crippen molar-refractivity contribution in [2.24, 2.45) is 4.99 Å². The number of aliphatic imine (C=N–C) groups is 1. The van der Waals surface area contributed by atoms with Gasteiger partial charge in [-0.1, -0.05) is 67.5 Å². The Morgan fingerprint density at radius 2 is 1.73 bits per heavy atom. The van der Waals surface area contributed by atoms with Gasteiger partial charge in [0.25, 0.3) is 10.1 Å². The average Bonchev–Trinajstić information content (AvgIpc) is 3.38. The fourth-order valence-electron chi connectivity index (χ4n) is 6.44. The van der Waals surface area contributed by atoms with Crippen LogP contribution in [0.2, 0.25) is 0 Å². The molecule has 0 atom stereocenters. The smallest absolute Gasteiger partial charge is 0.264 e. The van der Waals surface area contributed by atoms with Crippen LogP contribution < -0.4 is 4.90 Å². The Morgan fingerprint density at radius 1 is 0.979 bits per heavy atom. The molecule has 9 nitrogen and oxygen atoms in total. The molecule has 2 aromatic carbocycles. The van der Waals surface area contributed by atoms with Gasteiger partial charge in [-0.05, 0) is 75.2 Å². The average molecular weight is 711 g/mol. The lowest BCUT2D eigenvalue weighted by Gasteiger charge is -2.27. The fourth-order valence-corrected chi connectivity index (χ4v) is 7.54. The quantitative estimate of drug-likeness (QED) is 0.0192. The molecule has 2 heterocycles. The maximum Gasteiger partial charge on any atom is 0.264 e. The lowest BCUT2D eigenvalue weighted by Crippen LogP contribution is -2.27. The number of hydrogen-bond acceptors (Lipinski definition) is 9. The van der Waals surface area contributed by atoms with E-state index < -0.39 is 10.1 Å². The van der Waals surface area contributed by atoms with E-state index in [1.807, 2.05) is 42.5 Å². The Kier molecular flexibility index (Phi) is 13.3. The van der Waals surface area contributed by atoms with Crippen LogP contribution >= 0.6 is 24.3 Å². The summed E-state index contributed by atoms with van der Waals surface area (Å²) in [6.07, 6.45) is 17.2.